The van der Waals surface area contributed by atoms with Crippen molar-refractivity contribution in [3.05, 3.63) is 29.8 Å². The third-order valence-corrected chi connectivity index (χ3v) is 3.84. The van der Waals surface area contributed by atoms with E-state index in [0.29, 0.717) is 39.2 Å². The number of para-hydroxylation sites is 1. The number of nitrogens with two attached hydrogens (primary N) is 1. The first kappa shape index (κ1) is 18.7. The Morgan fingerprint density at radius 2 is 2.00 bits per heavy atom. The predicted molar refractivity (Wildman–Crippen MR) is 88.3 cm³/mol. The minimum Gasteiger partial charge on any atom is -0.494 e. The molecule has 0 aliphatic carbocycles. The molecule has 2 rings (SSSR count). The molecule has 0 saturated carbocycles. The van der Waals surface area contributed by atoms with Crippen molar-refractivity contribution >= 4 is 18.3 Å². The van der Waals surface area contributed by atoms with Crippen LogP contribution < -0.4 is 10.5 Å². The van der Waals surface area contributed by atoms with Crippen molar-refractivity contribution in [1.29, 1.82) is 0 Å². The average Bonchev–Trinajstić information content (AvgIpc) is 2.49. The quantitative estimate of drug-likeness (QED) is 0.897. The number of nitrogens with zero attached hydrogens (tertiary/aromatic N) is 1. The van der Waals surface area contributed by atoms with E-state index in [1.165, 1.54) is 0 Å². The van der Waals surface area contributed by atoms with E-state index in [0.717, 1.165) is 11.3 Å². The van der Waals surface area contributed by atoms with Gasteiger partial charge in [0.1, 0.15) is 5.75 Å². The zero-order valence-electron chi connectivity index (χ0n) is 13.2. The molecule has 0 aromatic heterocycles. The SMILES string of the molecule is CCOc1ccccc1CN(C)C(=O)C1(N)CCOCC1.Cl. The number of benzene rings is 1. The van der Waals surface area contributed by atoms with Crippen molar-refractivity contribution in [2.24, 2.45) is 5.73 Å². The molecule has 1 aromatic rings. The number of halogens is 1. The third kappa shape index (κ3) is 4.35. The molecule has 1 aliphatic heterocycles. The lowest BCUT2D eigenvalue weighted by Gasteiger charge is -2.35. The fraction of sp³-hybridized carbons (Fsp3) is 0.562. The first-order valence-electron chi connectivity index (χ1n) is 7.40. The van der Waals surface area contributed by atoms with Gasteiger partial charge in [-0.25, -0.2) is 0 Å². The summed E-state index contributed by atoms with van der Waals surface area (Å²) in [6.07, 6.45) is 1.15. The molecule has 2 N–H and O–H groups in total. The number of rotatable bonds is 5. The van der Waals surface area contributed by atoms with E-state index in [9.17, 15) is 4.79 Å². The second-order valence-corrected chi connectivity index (χ2v) is 5.47. The van der Waals surface area contributed by atoms with E-state index in [4.69, 9.17) is 15.2 Å². The highest BCUT2D eigenvalue weighted by molar-refractivity contribution is 5.86. The molecular formula is C16H25ClN2O3. The summed E-state index contributed by atoms with van der Waals surface area (Å²) in [6, 6.07) is 7.77. The molecule has 1 aliphatic rings. The number of likely N-dealkylation sites (N-methyl/N-ethyl adjacent to an activating group) is 1. The Kier molecular flexibility index (Phi) is 7.13. The van der Waals surface area contributed by atoms with Crippen LogP contribution in [-0.2, 0) is 16.1 Å². The van der Waals surface area contributed by atoms with Crippen LogP contribution in [0.1, 0.15) is 25.3 Å². The Labute approximate surface area is 138 Å². The molecule has 5 nitrogen and oxygen atoms in total. The number of carbonyl (C=O) groups excluding carboxylic acids is 1. The predicted octanol–water partition coefficient (Wildman–Crippen LogP) is 1.97. The summed E-state index contributed by atoms with van der Waals surface area (Å²) in [4.78, 5) is 14.3. The number of ether oxygens (including phenoxy) is 2. The monoisotopic (exact) mass is 328 g/mol. The number of carbonyl (C=O) groups is 1. The van der Waals surface area contributed by atoms with Gasteiger partial charge >= 0.3 is 0 Å². The molecule has 0 atom stereocenters. The van der Waals surface area contributed by atoms with Gasteiger partial charge in [-0.1, -0.05) is 18.2 Å². The maximum atomic E-state index is 12.6. The van der Waals surface area contributed by atoms with Gasteiger partial charge in [-0.2, -0.15) is 0 Å². The van der Waals surface area contributed by atoms with Crippen LogP contribution in [0.25, 0.3) is 0 Å². The van der Waals surface area contributed by atoms with Gasteiger partial charge < -0.3 is 20.1 Å². The van der Waals surface area contributed by atoms with E-state index < -0.39 is 5.54 Å². The molecule has 1 fully saturated rings. The Morgan fingerprint density at radius 3 is 2.64 bits per heavy atom. The van der Waals surface area contributed by atoms with Crippen molar-refractivity contribution in [3.8, 4) is 5.75 Å². The summed E-state index contributed by atoms with van der Waals surface area (Å²) in [5.74, 6) is 0.787. The molecule has 22 heavy (non-hydrogen) atoms. The van der Waals surface area contributed by atoms with E-state index in [1.54, 1.807) is 11.9 Å². The van der Waals surface area contributed by atoms with Crippen molar-refractivity contribution in [2.45, 2.75) is 31.8 Å². The first-order valence-corrected chi connectivity index (χ1v) is 7.40. The van der Waals surface area contributed by atoms with Crippen LogP contribution in [0.3, 0.4) is 0 Å². The van der Waals surface area contributed by atoms with E-state index in [1.807, 2.05) is 31.2 Å². The van der Waals surface area contributed by atoms with Gasteiger partial charge in [-0.3, -0.25) is 4.79 Å². The lowest BCUT2D eigenvalue weighted by atomic mass is 9.89. The molecule has 124 valence electrons. The minimum absolute atomic E-state index is 0. The highest BCUT2D eigenvalue weighted by Gasteiger charge is 2.37. The molecule has 1 saturated heterocycles. The van der Waals surface area contributed by atoms with Crippen LogP contribution in [0.4, 0.5) is 0 Å². The molecule has 0 unspecified atom stereocenters. The van der Waals surface area contributed by atoms with Gasteiger partial charge in [0.2, 0.25) is 5.91 Å². The Morgan fingerprint density at radius 1 is 1.36 bits per heavy atom. The highest BCUT2D eigenvalue weighted by Crippen LogP contribution is 2.23. The van der Waals surface area contributed by atoms with Gasteiger partial charge in [-0.05, 0) is 25.8 Å². The standard InChI is InChI=1S/C16H24N2O3.ClH/c1-3-21-14-7-5-4-6-13(14)12-18(2)15(19)16(17)8-10-20-11-9-16;/h4-7H,3,8-12,17H2,1-2H3;1H. The van der Waals surface area contributed by atoms with E-state index >= 15 is 0 Å². The fourth-order valence-corrected chi connectivity index (χ4v) is 2.59. The molecule has 0 spiro atoms. The Balaban J connectivity index is 0.00000242. The Hall–Kier alpha value is -1.30. The summed E-state index contributed by atoms with van der Waals surface area (Å²) in [6.45, 7) is 4.14. The van der Waals surface area contributed by atoms with Crippen molar-refractivity contribution < 1.29 is 14.3 Å². The average molecular weight is 329 g/mol. The third-order valence-electron chi connectivity index (χ3n) is 3.84. The molecule has 0 radical (unpaired) electrons. The lowest BCUT2D eigenvalue weighted by molar-refractivity contribution is -0.139. The van der Waals surface area contributed by atoms with Gasteiger partial charge in [0.05, 0.1) is 12.1 Å². The van der Waals surface area contributed by atoms with Crippen LogP contribution in [-0.4, -0.2) is 43.2 Å². The summed E-state index contributed by atoms with van der Waals surface area (Å²) in [5.41, 5.74) is 6.44. The van der Waals surface area contributed by atoms with Crippen LogP contribution in [0, 0.1) is 0 Å². The lowest BCUT2D eigenvalue weighted by Crippen LogP contribution is -2.57. The second-order valence-electron chi connectivity index (χ2n) is 5.47. The van der Waals surface area contributed by atoms with Gasteiger partial charge in [0.15, 0.2) is 0 Å². The largest absolute Gasteiger partial charge is 0.494 e. The van der Waals surface area contributed by atoms with E-state index in [2.05, 4.69) is 0 Å². The molecule has 6 heteroatoms. The molecule has 0 bridgehead atoms. The van der Waals surface area contributed by atoms with Crippen LogP contribution in [0.5, 0.6) is 5.75 Å². The topological polar surface area (TPSA) is 64.8 Å². The summed E-state index contributed by atoms with van der Waals surface area (Å²) < 4.78 is 10.9. The fourth-order valence-electron chi connectivity index (χ4n) is 2.59. The Bertz CT molecular complexity index is 490. The number of hydrogen-bond donors (Lipinski definition) is 1. The van der Waals surface area contributed by atoms with Gasteiger partial charge in [0.25, 0.3) is 0 Å². The molecule has 1 amide bonds. The normalized spacial score (nSPS) is 16.5. The van der Waals surface area contributed by atoms with E-state index in [-0.39, 0.29) is 18.3 Å². The molecular weight excluding hydrogens is 304 g/mol. The maximum absolute atomic E-state index is 12.6. The number of hydrogen-bond acceptors (Lipinski definition) is 4. The highest BCUT2D eigenvalue weighted by atomic mass is 35.5. The maximum Gasteiger partial charge on any atom is 0.242 e. The first-order chi connectivity index (χ1) is 10.1. The van der Waals surface area contributed by atoms with Gasteiger partial charge in [-0.15, -0.1) is 12.4 Å². The van der Waals surface area contributed by atoms with Crippen molar-refractivity contribution in [3.63, 3.8) is 0 Å². The van der Waals surface area contributed by atoms with Crippen LogP contribution in [0.2, 0.25) is 0 Å². The second kappa shape index (κ2) is 8.36. The van der Waals surface area contributed by atoms with Gasteiger partial charge in [0, 0.05) is 32.4 Å². The zero-order chi connectivity index (χ0) is 15.3. The van der Waals surface area contributed by atoms with Crippen molar-refractivity contribution in [2.75, 3.05) is 26.9 Å². The van der Waals surface area contributed by atoms with Crippen LogP contribution in [0.15, 0.2) is 24.3 Å². The summed E-state index contributed by atoms with van der Waals surface area (Å²) >= 11 is 0. The van der Waals surface area contributed by atoms with Crippen LogP contribution >= 0.6 is 12.4 Å². The molecule has 1 aromatic carbocycles. The van der Waals surface area contributed by atoms with Crippen molar-refractivity contribution in [1.82, 2.24) is 4.90 Å². The number of amides is 1. The zero-order valence-corrected chi connectivity index (χ0v) is 14.0. The minimum atomic E-state index is -0.798. The molecule has 1 heterocycles. The smallest absolute Gasteiger partial charge is 0.242 e. The summed E-state index contributed by atoms with van der Waals surface area (Å²) in [5, 5.41) is 0. The summed E-state index contributed by atoms with van der Waals surface area (Å²) in [7, 11) is 1.79.